The summed E-state index contributed by atoms with van der Waals surface area (Å²) >= 11 is 1.87. The van der Waals surface area contributed by atoms with Crippen molar-refractivity contribution in [2.75, 3.05) is 5.32 Å². The summed E-state index contributed by atoms with van der Waals surface area (Å²) in [6, 6.07) is 8.29. The second kappa shape index (κ2) is 6.71. The predicted octanol–water partition coefficient (Wildman–Crippen LogP) is 4.37. The number of halogens is 2. The Morgan fingerprint density at radius 1 is 1.35 bits per heavy atom. The summed E-state index contributed by atoms with van der Waals surface area (Å²) in [4.78, 5) is 12.1. The summed E-state index contributed by atoms with van der Waals surface area (Å²) in [6.07, 6.45) is 0. The van der Waals surface area contributed by atoms with Gasteiger partial charge >= 0.3 is 5.97 Å². The van der Waals surface area contributed by atoms with Crippen LogP contribution < -0.4 is 5.32 Å². The zero-order valence-electron chi connectivity index (χ0n) is 10.2. The predicted molar refractivity (Wildman–Crippen MR) is 76.9 cm³/mol. The van der Waals surface area contributed by atoms with E-state index in [0.29, 0.717) is 23.2 Å². The first kappa shape index (κ1) is 14.8. The molecule has 2 N–H and O–H groups in total. The number of alkyl halides is 2. The molecule has 1 aromatic heterocycles. The van der Waals surface area contributed by atoms with Crippen LogP contribution in [-0.2, 0) is 6.54 Å². The number of thioether (sulfide) groups is 1. The molecule has 106 valence electrons. The van der Waals surface area contributed by atoms with E-state index in [9.17, 15) is 13.6 Å². The maximum Gasteiger partial charge on any atom is 0.336 e. The lowest BCUT2D eigenvalue weighted by Gasteiger charge is -2.06. The van der Waals surface area contributed by atoms with Crippen molar-refractivity contribution in [2.45, 2.75) is 17.2 Å². The summed E-state index contributed by atoms with van der Waals surface area (Å²) in [5.74, 6) is -3.37. The molecule has 0 bridgehead atoms. The quantitative estimate of drug-likeness (QED) is 0.777. The Kier molecular flexibility index (Phi) is 4.97. The van der Waals surface area contributed by atoms with Crippen molar-refractivity contribution < 1.29 is 18.7 Å². The third-order valence-corrected chi connectivity index (χ3v) is 4.11. The largest absolute Gasteiger partial charge is 0.478 e. The molecule has 2 rings (SSSR count). The molecule has 0 radical (unpaired) electrons. The van der Waals surface area contributed by atoms with E-state index in [-0.39, 0.29) is 5.56 Å². The van der Waals surface area contributed by atoms with Crippen molar-refractivity contribution in [3.63, 3.8) is 0 Å². The number of hydrogen-bond donors (Lipinski definition) is 2. The molecule has 0 aliphatic carbocycles. The molecule has 1 aromatic carbocycles. The minimum Gasteiger partial charge on any atom is -0.478 e. The van der Waals surface area contributed by atoms with Crippen LogP contribution in [0.2, 0.25) is 0 Å². The topological polar surface area (TPSA) is 49.3 Å². The van der Waals surface area contributed by atoms with Gasteiger partial charge in [0, 0.05) is 27.4 Å². The first-order chi connectivity index (χ1) is 9.54. The molecule has 0 spiro atoms. The van der Waals surface area contributed by atoms with Gasteiger partial charge in [-0.15, -0.1) is 11.3 Å². The van der Waals surface area contributed by atoms with Gasteiger partial charge < -0.3 is 10.4 Å². The monoisotopic (exact) mass is 315 g/mol. The fraction of sp³-hybridized carbons (Fsp3) is 0.154. The number of benzene rings is 1. The minimum absolute atomic E-state index is 0.274. The molecule has 3 nitrogen and oxygen atoms in total. The van der Waals surface area contributed by atoms with E-state index in [1.165, 1.54) is 11.3 Å². The highest BCUT2D eigenvalue weighted by Crippen LogP contribution is 2.26. The number of thiophene rings is 1. The van der Waals surface area contributed by atoms with E-state index in [4.69, 9.17) is 5.11 Å². The fourth-order valence-corrected chi connectivity index (χ4v) is 2.83. The van der Waals surface area contributed by atoms with Crippen molar-refractivity contribution in [1.82, 2.24) is 0 Å². The summed E-state index contributed by atoms with van der Waals surface area (Å²) in [7, 11) is 0. The van der Waals surface area contributed by atoms with Gasteiger partial charge in [0.15, 0.2) is 0 Å². The Hall–Kier alpha value is -1.60. The molecule has 0 unspecified atom stereocenters. The van der Waals surface area contributed by atoms with Crippen LogP contribution in [-0.4, -0.2) is 16.8 Å². The average molecular weight is 315 g/mol. The highest BCUT2D eigenvalue weighted by Gasteiger charge is 2.07. The van der Waals surface area contributed by atoms with Gasteiger partial charge in [-0.05, 0) is 30.3 Å². The van der Waals surface area contributed by atoms with Crippen molar-refractivity contribution in [3.05, 3.63) is 46.2 Å². The van der Waals surface area contributed by atoms with Crippen molar-refractivity contribution in [1.29, 1.82) is 0 Å². The number of carboxylic acids is 1. The van der Waals surface area contributed by atoms with Crippen LogP contribution in [0.15, 0.2) is 40.6 Å². The van der Waals surface area contributed by atoms with Gasteiger partial charge in [-0.2, -0.15) is 8.78 Å². The molecular formula is C13H11F2NO2S2. The standard InChI is InChI=1S/C13H11F2NO2S2/c14-13(15)20-10-3-1-9(2-4-10)16-6-11-5-8(7-19-11)12(17)18/h1-5,7,13,16H,6H2,(H,17,18). The van der Waals surface area contributed by atoms with Crippen LogP contribution >= 0.6 is 23.1 Å². The third kappa shape index (κ3) is 4.21. The van der Waals surface area contributed by atoms with Gasteiger partial charge in [-0.25, -0.2) is 4.79 Å². The van der Waals surface area contributed by atoms with Crippen LogP contribution in [0.4, 0.5) is 14.5 Å². The molecule has 0 aliphatic heterocycles. The zero-order valence-corrected chi connectivity index (χ0v) is 11.8. The maximum atomic E-state index is 12.2. The van der Waals surface area contributed by atoms with Crippen LogP contribution in [0.5, 0.6) is 0 Å². The first-order valence-corrected chi connectivity index (χ1v) is 7.40. The summed E-state index contributed by atoms with van der Waals surface area (Å²) in [5.41, 5.74) is 1.07. The Labute approximate surface area is 122 Å². The highest BCUT2D eigenvalue weighted by atomic mass is 32.2. The van der Waals surface area contributed by atoms with Crippen LogP contribution in [0.1, 0.15) is 15.2 Å². The maximum absolute atomic E-state index is 12.2. The smallest absolute Gasteiger partial charge is 0.336 e. The molecule has 7 heteroatoms. The number of carbonyl (C=O) groups is 1. The van der Waals surface area contributed by atoms with Gasteiger partial charge in [0.1, 0.15) is 0 Å². The number of nitrogens with one attached hydrogen (secondary N) is 1. The summed E-state index contributed by atoms with van der Waals surface area (Å²) in [6.45, 7) is 0.499. The molecule has 0 aliphatic rings. The third-order valence-electron chi connectivity index (χ3n) is 2.45. The van der Waals surface area contributed by atoms with E-state index in [2.05, 4.69) is 5.32 Å². The van der Waals surface area contributed by atoms with Gasteiger partial charge in [-0.1, -0.05) is 11.8 Å². The molecule has 0 fully saturated rings. The SMILES string of the molecule is O=C(O)c1csc(CNc2ccc(SC(F)F)cc2)c1. The van der Waals surface area contributed by atoms with Crippen molar-refractivity contribution in [2.24, 2.45) is 0 Å². The molecular weight excluding hydrogens is 304 g/mol. The second-order valence-corrected chi connectivity index (χ2v) is 5.92. The van der Waals surface area contributed by atoms with Crippen LogP contribution in [0, 0.1) is 0 Å². The Morgan fingerprint density at radius 3 is 2.60 bits per heavy atom. The number of hydrogen-bond acceptors (Lipinski definition) is 4. The van der Waals surface area contributed by atoms with E-state index in [0.717, 1.165) is 10.6 Å². The minimum atomic E-state index is -2.42. The molecule has 0 saturated heterocycles. The van der Waals surface area contributed by atoms with E-state index >= 15 is 0 Å². The lowest BCUT2D eigenvalue weighted by Crippen LogP contribution is -1.98. The normalized spacial score (nSPS) is 10.8. The second-order valence-electron chi connectivity index (χ2n) is 3.86. The van der Waals surface area contributed by atoms with Gasteiger partial charge in [0.05, 0.1) is 5.56 Å². The lowest BCUT2D eigenvalue weighted by atomic mass is 10.3. The zero-order chi connectivity index (χ0) is 14.5. The van der Waals surface area contributed by atoms with Gasteiger partial charge in [-0.3, -0.25) is 0 Å². The lowest BCUT2D eigenvalue weighted by molar-refractivity contribution is 0.0697. The fourth-order valence-electron chi connectivity index (χ4n) is 1.53. The number of aromatic carboxylic acids is 1. The number of anilines is 1. The Morgan fingerprint density at radius 2 is 2.05 bits per heavy atom. The Bertz CT molecular complexity index is 584. The van der Waals surface area contributed by atoms with E-state index in [1.54, 1.807) is 35.7 Å². The molecule has 0 amide bonds. The number of carboxylic acid groups (broad SMARTS) is 1. The molecule has 2 aromatic rings. The van der Waals surface area contributed by atoms with Crippen LogP contribution in [0.3, 0.4) is 0 Å². The van der Waals surface area contributed by atoms with E-state index < -0.39 is 11.7 Å². The van der Waals surface area contributed by atoms with Gasteiger partial charge in [0.2, 0.25) is 0 Å². The number of rotatable bonds is 6. The van der Waals surface area contributed by atoms with Gasteiger partial charge in [0.25, 0.3) is 5.76 Å². The van der Waals surface area contributed by atoms with Crippen molar-refractivity contribution in [3.8, 4) is 0 Å². The van der Waals surface area contributed by atoms with Crippen LogP contribution in [0.25, 0.3) is 0 Å². The summed E-state index contributed by atoms with van der Waals surface area (Å²) < 4.78 is 24.3. The molecule has 20 heavy (non-hydrogen) atoms. The molecule has 1 heterocycles. The van der Waals surface area contributed by atoms with E-state index in [1.807, 2.05) is 0 Å². The molecule has 0 atom stereocenters. The summed E-state index contributed by atoms with van der Waals surface area (Å²) in [5, 5.41) is 13.5. The molecule has 0 saturated carbocycles. The Balaban J connectivity index is 1.91. The highest BCUT2D eigenvalue weighted by molar-refractivity contribution is 7.99. The average Bonchev–Trinajstić information content (AvgIpc) is 2.86. The first-order valence-electron chi connectivity index (χ1n) is 5.64. The van der Waals surface area contributed by atoms with Crippen molar-refractivity contribution >= 4 is 34.8 Å².